The molecule has 5 saturated carbocycles. The molecule has 25 heteroatoms. The summed E-state index contributed by atoms with van der Waals surface area (Å²) in [5.41, 5.74) is 9.32. The molecule has 0 aromatic heterocycles. The molecule has 0 unspecified atom stereocenters. The Morgan fingerprint density at radius 1 is 0.200 bits per heavy atom. The largest absolute Gasteiger partial charge is 0.423 e. The van der Waals surface area contributed by atoms with Crippen molar-refractivity contribution in [3.8, 4) is 28.7 Å². The second-order valence-electron chi connectivity index (χ2n) is 34.1. The molecule has 0 spiro atoms. The SMILES string of the molecule is CCCO[C@H]1CC[C@H](c2ccc(C(=O)Oc3ccc([S])cc3)cc2)CC1.CCCO[C@H]1CC[C@H](c2ccc(C(=O)Oc3ccc([S])cc3)cc2)CC1.CCCO[C@H]1CC[C@H](c2ccc(C(=O)Oc3ccc([S])cc3)cc2)CC1.CCCO[C@H]1CC[C@H](c2ccc(C(=O)Oc3ccc([S])cc3)cc2)CC1.CCCO[C@H]1CC[C@H](c2ccc(C(=O)Oc3ccc([S])cc3)cc2)CC1.F.F.F.F.F. The van der Waals surface area contributed by atoms with Crippen molar-refractivity contribution in [3.05, 3.63) is 298 Å². The number of halogens is 5. The summed E-state index contributed by atoms with van der Waals surface area (Å²) < 4.78 is 56.3. The zero-order chi connectivity index (χ0) is 91.8. The van der Waals surface area contributed by atoms with E-state index in [1.165, 1.54) is 27.8 Å². The average Bonchev–Trinajstić information content (AvgIpc) is 0.854. The molecule has 15 nitrogen and oxygen atoms in total. The van der Waals surface area contributed by atoms with E-state index < -0.39 is 0 Å². The number of esters is 5. The molecule has 10 aromatic rings. The third-order valence-corrected chi connectivity index (χ3v) is 25.8. The van der Waals surface area contributed by atoms with Crippen LogP contribution in [0, 0.1) is 0 Å². The van der Waals surface area contributed by atoms with Crippen molar-refractivity contribution in [2.45, 2.75) is 280 Å². The highest BCUT2D eigenvalue weighted by atomic mass is 32.1. The summed E-state index contributed by atoms with van der Waals surface area (Å²) in [4.78, 5) is 65.0. The Kier molecular flexibility index (Phi) is 51.7. The summed E-state index contributed by atoms with van der Waals surface area (Å²) in [6, 6.07) is 73.8. The van der Waals surface area contributed by atoms with Gasteiger partial charge in [-0.2, -0.15) is 0 Å². The minimum Gasteiger partial charge on any atom is -0.423 e. The van der Waals surface area contributed by atoms with Crippen molar-refractivity contribution in [1.82, 2.24) is 0 Å². The average molecular weight is 1950 g/mol. The first-order valence-electron chi connectivity index (χ1n) is 46.8. The maximum absolute atomic E-state index is 12.3. The lowest BCUT2D eigenvalue weighted by molar-refractivity contribution is 0.0250. The first kappa shape index (κ1) is 114. The molecule has 0 amide bonds. The quantitative estimate of drug-likeness (QED) is 0.0236. The first-order valence-corrected chi connectivity index (χ1v) is 48.9. The van der Waals surface area contributed by atoms with Crippen LogP contribution in [0.1, 0.15) is 304 Å². The van der Waals surface area contributed by atoms with Crippen LogP contribution in [0.5, 0.6) is 28.7 Å². The van der Waals surface area contributed by atoms with Gasteiger partial charge in [0.2, 0.25) is 0 Å². The number of hydrogen-bond acceptors (Lipinski definition) is 15. The van der Waals surface area contributed by atoms with Crippen molar-refractivity contribution < 1.29 is 94.9 Å². The van der Waals surface area contributed by atoms with Gasteiger partial charge in [-0.1, -0.05) is 158 Å². The van der Waals surface area contributed by atoms with Crippen LogP contribution in [0.4, 0.5) is 23.5 Å². The Morgan fingerprint density at radius 3 is 0.444 bits per heavy atom. The highest BCUT2D eigenvalue weighted by Gasteiger charge is 2.29. The molecular weight excluding hydrogens is 1820 g/mol. The molecule has 0 N–H and O–H groups in total. The molecule has 5 radical (unpaired) electrons. The van der Waals surface area contributed by atoms with Gasteiger partial charge in [0.1, 0.15) is 28.7 Å². The Labute approximate surface area is 822 Å². The molecule has 0 bridgehead atoms. The number of hydrogen-bond donors (Lipinski definition) is 0. The molecule has 5 fully saturated rings. The molecule has 0 atom stereocenters. The van der Waals surface area contributed by atoms with Gasteiger partial charge >= 0.3 is 29.8 Å². The van der Waals surface area contributed by atoms with Crippen molar-refractivity contribution in [1.29, 1.82) is 0 Å². The Hall–Kier alpha value is -9.90. The van der Waals surface area contributed by atoms with Crippen LogP contribution in [0.3, 0.4) is 0 Å². The smallest absolute Gasteiger partial charge is 0.343 e. The first-order chi connectivity index (χ1) is 63.3. The van der Waals surface area contributed by atoms with Gasteiger partial charge in [-0.25, -0.2) is 24.0 Å². The predicted octanol–water partition coefficient (Wildman–Crippen LogP) is 30.3. The second-order valence-corrected chi connectivity index (χ2v) is 36.5. The third kappa shape index (κ3) is 38.2. The van der Waals surface area contributed by atoms with E-state index in [1.54, 1.807) is 121 Å². The number of carbonyl (C=O) groups excluding carboxylic acids is 5. The van der Waals surface area contributed by atoms with E-state index in [0.29, 0.717) is 117 Å². The molecule has 5 aliphatic carbocycles. The zero-order valence-corrected chi connectivity index (χ0v) is 81.9. The van der Waals surface area contributed by atoms with Crippen LogP contribution in [0.25, 0.3) is 0 Å². The van der Waals surface area contributed by atoms with Gasteiger partial charge in [0.05, 0.1) is 58.3 Å². The summed E-state index contributed by atoms with van der Waals surface area (Å²) in [6.45, 7) is 15.0. The Bertz CT molecular complexity index is 4270. The number of benzene rings is 10. The van der Waals surface area contributed by atoms with Crippen molar-refractivity contribution in [2.75, 3.05) is 33.0 Å². The van der Waals surface area contributed by atoms with Crippen molar-refractivity contribution in [2.24, 2.45) is 0 Å². The summed E-state index contributed by atoms with van der Waals surface area (Å²) in [5.74, 6) is 3.63. The summed E-state index contributed by atoms with van der Waals surface area (Å²) in [7, 11) is 0. The van der Waals surface area contributed by atoms with Gasteiger partial charge < -0.3 is 47.4 Å². The standard InChI is InChI=1S/5C22H25O3S.5FH/c5*1-2-15-24-19-9-7-17(8-10-19)16-3-5-18(6-4-16)22(23)25-20-11-13-21(26)14-12-20;;;;;/h5*3-6,11-14,17,19H,2,7-10,15H2,1H3;5*1H/t5*17-,19-;;;;;. The molecule has 135 heavy (non-hydrogen) atoms. The van der Waals surface area contributed by atoms with Crippen LogP contribution in [-0.2, 0) is 23.7 Å². The van der Waals surface area contributed by atoms with E-state index in [4.69, 9.17) is 111 Å². The highest BCUT2D eigenvalue weighted by molar-refractivity contribution is 7.81. The molecule has 0 saturated heterocycles. The van der Waals surface area contributed by atoms with Crippen LogP contribution >= 0.6 is 63.1 Å². The molecule has 725 valence electrons. The van der Waals surface area contributed by atoms with E-state index >= 15 is 0 Å². The van der Waals surface area contributed by atoms with Crippen LogP contribution < -0.4 is 23.7 Å². The summed E-state index contributed by atoms with van der Waals surface area (Å²) in [6.07, 6.45) is 30.1. The monoisotopic (exact) mass is 1950 g/mol. The molecule has 0 heterocycles. The minimum atomic E-state index is -0.342. The van der Waals surface area contributed by atoms with E-state index in [-0.39, 0.29) is 53.4 Å². The second kappa shape index (κ2) is 61.3. The fraction of sp³-hybridized carbons (Fsp3) is 0.409. The van der Waals surface area contributed by atoms with Gasteiger partial charge in [0.15, 0.2) is 0 Å². The molecule has 10 aromatic carbocycles. The molecule has 5 aliphatic rings. The molecule has 0 aliphatic heterocycles. The Morgan fingerprint density at radius 2 is 0.326 bits per heavy atom. The van der Waals surface area contributed by atoms with E-state index in [2.05, 4.69) is 95.3 Å². The van der Waals surface area contributed by atoms with Gasteiger partial charge in [-0.15, -0.1) is 0 Å². The molecule has 15 rings (SSSR count). The topological polar surface area (TPSA) is 178 Å². The zero-order valence-electron chi connectivity index (χ0n) is 77.8. The Balaban J connectivity index is 0.000000257. The van der Waals surface area contributed by atoms with Gasteiger partial charge in [-0.3, -0.25) is 23.5 Å². The number of ether oxygens (including phenoxy) is 10. The lowest BCUT2D eigenvalue weighted by Crippen LogP contribution is -2.21. The van der Waals surface area contributed by atoms with E-state index in [1.807, 2.05) is 60.7 Å². The summed E-state index contributed by atoms with van der Waals surface area (Å²) >= 11 is 25.2. The van der Waals surface area contributed by atoms with E-state index in [9.17, 15) is 24.0 Å². The van der Waals surface area contributed by atoms with Crippen LogP contribution in [0.2, 0.25) is 0 Å². The normalized spacial score (nSPS) is 19.1. The molecular formula is C110H130F5O15S5. The van der Waals surface area contributed by atoms with Crippen molar-refractivity contribution >= 4 is 93.0 Å². The fourth-order valence-corrected chi connectivity index (χ4v) is 17.7. The van der Waals surface area contributed by atoms with Gasteiger partial charge in [-0.05, 0) is 400 Å². The number of rotatable bonds is 30. The summed E-state index contributed by atoms with van der Waals surface area (Å²) in [5, 5.41) is 0. The van der Waals surface area contributed by atoms with Crippen LogP contribution in [0.15, 0.2) is 267 Å². The van der Waals surface area contributed by atoms with Gasteiger partial charge in [0, 0.05) is 57.5 Å². The van der Waals surface area contributed by atoms with Crippen molar-refractivity contribution in [3.63, 3.8) is 0 Å². The fourth-order valence-electron chi connectivity index (χ4n) is 17.1. The highest BCUT2D eigenvalue weighted by Crippen LogP contribution is 2.40. The maximum Gasteiger partial charge on any atom is 0.343 e. The minimum absolute atomic E-state index is 0. The maximum atomic E-state index is 12.3. The van der Waals surface area contributed by atoms with Gasteiger partial charge in [0.25, 0.3) is 0 Å². The lowest BCUT2D eigenvalue weighted by Gasteiger charge is -2.28. The number of carbonyl (C=O) groups is 5. The lowest BCUT2D eigenvalue weighted by atomic mass is 9.82. The van der Waals surface area contributed by atoms with Crippen LogP contribution in [-0.4, -0.2) is 93.4 Å². The van der Waals surface area contributed by atoms with E-state index in [0.717, 1.165) is 218 Å². The third-order valence-electron chi connectivity index (χ3n) is 24.4. The predicted molar refractivity (Wildman–Crippen MR) is 537 cm³/mol.